The molecule has 3 atom stereocenters. The van der Waals surface area contributed by atoms with Crippen LogP contribution in [-0.2, 0) is 24.4 Å². The highest BCUT2D eigenvalue weighted by molar-refractivity contribution is 5.77. The summed E-state index contributed by atoms with van der Waals surface area (Å²) in [5.74, 6) is 0.0314. The summed E-state index contributed by atoms with van der Waals surface area (Å²) in [7, 11) is 0. The predicted octanol–water partition coefficient (Wildman–Crippen LogP) is 7.73. The second kappa shape index (κ2) is 10.2. The van der Waals surface area contributed by atoms with Crippen molar-refractivity contribution in [3.8, 4) is 11.1 Å². The molecule has 0 aromatic heterocycles. The summed E-state index contributed by atoms with van der Waals surface area (Å²) in [6, 6.07) is 26.7. The second-order valence-electron chi connectivity index (χ2n) is 11.3. The molecule has 5 heteroatoms. The summed E-state index contributed by atoms with van der Waals surface area (Å²) in [5.41, 5.74) is 8.99. The third kappa shape index (κ3) is 4.36. The van der Waals surface area contributed by atoms with Crippen molar-refractivity contribution in [3.63, 3.8) is 0 Å². The number of halogens is 3. The summed E-state index contributed by atoms with van der Waals surface area (Å²) in [5, 5.41) is 20.3. The maximum atomic E-state index is 13.6. The molecular weight excluding hydrogens is 509 g/mol. The van der Waals surface area contributed by atoms with Crippen LogP contribution in [0.1, 0.15) is 69.7 Å². The average molecular weight is 543 g/mol. The van der Waals surface area contributed by atoms with Crippen LogP contribution >= 0.6 is 0 Å². The zero-order chi connectivity index (χ0) is 28.1. The molecule has 6 rings (SSSR count). The molecule has 0 fully saturated rings. The van der Waals surface area contributed by atoms with Gasteiger partial charge in [-0.05, 0) is 107 Å². The van der Waals surface area contributed by atoms with Crippen LogP contribution in [0, 0.1) is 6.92 Å². The Bertz CT molecular complexity index is 1540. The number of hydrogen-bond donors (Lipinski definition) is 2. The van der Waals surface area contributed by atoms with Gasteiger partial charge in [-0.15, -0.1) is 0 Å². The molecule has 3 unspecified atom stereocenters. The van der Waals surface area contributed by atoms with Crippen LogP contribution in [0.4, 0.5) is 13.2 Å². The fraction of sp³-hybridized carbons (Fsp3) is 0.314. The van der Waals surface area contributed by atoms with E-state index in [0.29, 0.717) is 12.8 Å². The number of aliphatic hydroxyl groups excluding tert-OH is 2. The van der Waals surface area contributed by atoms with E-state index in [1.54, 1.807) is 12.1 Å². The van der Waals surface area contributed by atoms with Crippen LogP contribution in [0.2, 0.25) is 0 Å². The molecule has 0 amide bonds. The zero-order valence-electron chi connectivity index (χ0n) is 22.5. The third-order valence-electron chi connectivity index (χ3n) is 9.12. The molecule has 40 heavy (non-hydrogen) atoms. The average Bonchev–Trinajstić information content (AvgIpc) is 2.97. The molecule has 4 aromatic carbocycles. The lowest BCUT2D eigenvalue weighted by Gasteiger charge is -2.46. The first-order chi connectivity index (χ1) is 19.2. The highest BCUT2D eigenvalue weighted by Crippen LogP contribution is 2.55. The van der Waals surface area contributed by atoms with Crippen LogP contribution in [0.25, 0.3) is 11.1 Å². The van der Waals surface area contributed by atoms with Gasteiger partial charge in [0.25, 0.3) is 0 Å². The van der Waals surface area contributed by atoms with Crippen molar-refractivity contribution in [1.29, 1.82) is 0 Å². The van der Waals surface area contributed by atoms with Gasteiger partial charge in [0.05, 0.1) is 18.3 Å². The summed E-state index contributed by atoms with van der Waals surface area (Å²) >= 11 is 0. The summed E-state index contributed by atoms with van der Waals surface area (Å²) in [4.78, 5) is 0. The quantitative estimate of drug-likeness (QED) is 0.271. The van der Waals surface area contributed by atoms with E-state index in [1.165, 1.54) is 39.9 Å². The van der Waals surface area contributed by atoms with E-state index in [9.17, 15) is 23.4 Å². The molecule has 0 radical (unpaired) electrons. The first-order valence-corrected chi connectivity index (χ1v) is 14.0. The minimum atomic E-state index is -4.41. The lowest BCUT2D eigenvalue weighted by molar-refractivity contribution is -0.137. The molecule has 2 nitrogen and oxygen atoms in total. The molecule has 206 valence electrons. The monoisotopic (exact) mass is 542 g/mol. The Balaban J connectivity index is 1.64. The standard InChI is InChI=1S/C35H33F3O2/c1-22-6-2-5-9-31(22)34(25-11-13-26(14-12-25)35(36,37)38)19-18-24(20-27(40)21-39)33-30-15-10-23-7-3-4-8-28(23)29(30)16-17-32(33)34/h2-9,11-14,16-17,24,27,39-40H,10,15,18-21H2,1H3. The van der Waals surface area contributed by atoms with Crippen molar-refractivity contribution in [2.45, 2.75) is 62.6 Å². The van der Waals surface area contributed by atoms with Gasteiger partial charge in [-0.2, -0.15) is 13.2 Å². The molecule has 0 heterocycles. The Kier molecular flexibility index (Phi) is 6.84. The molecule has 0 saturated heterocycles. The number of alkyl halides is 3. The summed E-state index contributed by atoms with van der Waals surface area (Å²) < 4.78 is 40.7. The van der Waals surface area contributed by atoms with E-state index in [-0.39, 0.29) is 12.5 Å². The number of aryl methyl sites for hydroxylation is 2. The topological polar surface area (TPSA) is 40.5 Å². The van der Waals surface area contributed by atoms with Gasteiger partial charge in [-0.3, -0.25) is 0 Å². The van der Waals surface area contributed by atoms with Gasteiger partial charge in [0.2, 0.25) is 0 Å². The number of benzene rings is 4. The van der Waals surface area contributed by atoms with Gasteiger partial charge < -0.3 is 10.2 Å². The highest BCUT2D eigenvalue weighted by atomic mass is 19.4. The lowest BCUT2D eigenvalue weighted by Crippen LogP contribution is -2.37. The number of hydrogen-bond acceptors (Lipinski definition) is 2. The summed E-state index contributed by atoms with van der Waals surface area (Å²) in [6.07, 6.45) is -1.59. The zero-order valence-corrected chi connectivity index (χ0v) is 22.5. The smallest absolute Gasteiger partial charge is 0.394 e. The van der Waals surface area contributed by atoms with Crippen LogP contribution in [-0.4, -0.2) is 22.9 Å². The Morgan fingerprint density at radius 1 is 0.850 bits per heavy atom. The molecule has 0 aliphatic heterocycles. The van der Waals surface area contributed by atoms with Crippen LogP contribution in [0.5, 0.6) is 0 Å². The van der Waals surface area contributed by atoms with Gasteiger partial charge in [0, 0.05) is 5.41 Å². The number of rotatable bonds is 5. The van der Waals surface area contributed by atoms with E-state index < -0.39 is 23.3 Å². The predicted molar refractivity (Wildman–Crippen MR) is 151 cm³/mol. The van der Waals surface area contributed by atoms with Gasteiger partial charge in [0.1, 0.15) is 0 Å². The van der Waals surface area contributed by atoms with E-state index >= 15 is 0 Å². The Hall–Kier alpha value is -3.41. The van der Waals surface area contributed by atoms with Crippen molar-refractivity contribution < 1.29 is 23.4 Å². The van der Waals surface area contributed by atoms with E-state index in [0.717, 1.165) is 41.5 Å². The molecule has 2 aliphatic carbocycles. The first-order valence-electron chi connectivity index (χ1n) is 14.0. The molecular formula is C35H33F3O2. The Labute approximate surface area is 233 Å². The number of aliphatic hydroxyl groups is 2. The van der Waals surface area contributed by atoms with Gasteiger partial charge in [-0.25, -0.2) is 0 Å². The normalized spacial score (nSPS) is 20.8. The first kappa shape index (κ1) is 26.8. The second-order valence-corrected chi connectivity index (χ2v) is 11.3. The molecule has 2 N–H and O–H groups in total. The third-order valence-corrected chi connectivity index (χ3v) is 9.12. The largest absolute Gasteiger partial charge is 0.416 e. The van der Waals surface area contributed by atoms with Crippen molar-refractivity contribution in [2.75, 3.05) is 6.61 Å². The van der Waals surface area contributed by atoms with E-state index in [4.69, 9.17) is 0 Å². The van der Waals surface area contributed by atoms with Crippen LogP contribution < -0.4 is 0 Å². The molecule has 0 spiro atoms. The van der Waals surface area contributed by atoms with Crippen LogP contribution in [0.15, 0.2) is 84.9 Å². The maximum absolute atomic E-state index is 13.6. The summed E-state index contributed by atoms with van der Waals surface area (Å²) in [6.45, 7) is 1.77. The highest BCUT2D eigenvalue weighted by Gasteiger charge is 2.45. The van der Waals surface area contributed by atoms with Crippen molar-refractivity contribution >= 4 is 0 Å². The fourth-order valence-corrected chi connectivity index (χ4v) is 7.32. The van der Waals surface area contributed by atoms with Crippen LogP contribution in [0.3, 0.4) is 0 Å². The van der Waals surface area contributed by atoms with Gasteiger partial charge >= 0.3 is 6.18 Å². The molecule has 2 aliphatic rings. The lowest BCUT2D eigenvalue weighted by atomic mass is 9.57. The van der Waals surface area contributed by atoms with Crippen molar-refractivity contribution in [3.05, 3.63) is 129 Å². The minimum absolute atomic E-state index is 0.0314. The molecule has 4 aromatic rings. The number of fused-ring (bicyclic) bond motifs is 5. The molecule has 0 bridgehead atoms. The minimum Gasteiger partial charge on any atom is -0.394 e. The van der Waals surface area contributed by atoms with E-state index in [1.807, 2.05) is 12.1 Å². The Morgan fingerprint density at radius 3 is 2.30 bits per heavy atom. The fourth-order valence-electron chi connectivity index (χ4n) is 7.32. The molecule has 0 saturated carbocycles. The van der Waals surface area contributed by atoms with Gasteiger partial charge in [-0.1, -0.05) is 72.8 Å². The Morgan fingerprint density at radius 2 is 1.57 bits per heavy atom. The van der Waals surface area contributed by atoms with E-state index in [2.05, 4.69) is 55.5 Å². The van der Waals surface area contributed by atoms with Crippen molar-refractivity contribution in [1.82, 2.24) is 0 Å². The SMILES string of the molecule is Cc1ccccc1C1(c2ccc(C(F)(F)F)cc2)CCC(CC(O)CO)c2c1ccc1c2CCc2ccccc2-1. The van der Waals surface area contributed by atoms with Crippen molar-refractivity contribution in [2.24, 2.45) is 0 Å². The van der Waals surface area contributed by atoms with Gasteiger partial charge in [0.15, 0.2) is 0 Å². The maximum Gasteiger partial charge on any atom is 0.416 e.